The Bertz CT molecular complexity index is 673. The fourth-order valence-electron chi connectivity index (χ4n) is 5.42. The Kier molecular flexibility index (Phi) is 2.52. The van der Waals surface area contributed by atoms with Gasteiger partial charge >= 0.3 is 0 Å². The average Bonchev–Trinajstić information content (AvgIpc) is 2.87. The third-order valence-corrected chi connectivity index (χ3v) is 6.28. The molecule has 0 aliphatic heterocycles. The van der Waals surface area contributed by atoms with Crippen molar-refractivity contribution < 1.29 is 0 Å². The first kappa shape index (κ1) is 12.2. The van der Waals surface area contributed by atoms with Crippen LogP contribution in [-0.4, -0.2) is 15.6 Å². The molecule has 3 aliphatic carbocycles. The van der Waals surface area contributed by atoms with Gasteiger partial charge in [-0.1, -0.05) is 12.1 Å². The summed E-state index contributed by atoms with van der Waals surface area (Å²) in [4.78, 5) is 4.83. The maximum absolute atomic E-state index is 4.83. The fourth-order valence-corrected chi connectivity index (χ4v) is 5.42. The number of rotatable bonds is 4. The summed E-state index contributed by atoms with van der Waals surface area (Å²) in [5.74, 6) is 5.30. The molecule has 1 aromatic carbocycles. The molecule has 0 spiro atoms. The topological polar surface area (TPSA) is 29.9 Å². The number of imidazole rings is 1. The molecule has 0 amide bonds. The van der Waals surface area contributed by atoms with Gasteiger partial charge in [0.1, 0.15) is 5.82 Å². The van der Waals surface area contributed by atoms with Gasteiger partial charge in [0, 0.05) is 12.6 Å². The van der Waals surface area contributed by atoms with Crippen LogP contribution in [0.3, 0.4) is 0 Å². The van der Waals surface area contributed by atoms with E-state index in [1.54, 1.807) is 0 Å². The second-order valence-corrected chi connectivity index (χ2v) is 7.16. The van der Waals surface area contributed by atoms with Crippen LogP contribution in [0.2, 0.25) is 0 Å². The number of para-hydroxylation sites is 2. The normalized spacial score (nSPS) is 36.3. The minimum absolute atomic E-state index is 0.793. The van der Waals surface area contributed by atoms with Crippen LogP contribution in [0, 0.1) is 23.7 Å². The molecule has 3 nitrogen and oxygen atoms in total. The van der Waals surface area contributed by atoms with Crippen molar-refractivity contribution in [3.05, 3.63) is 30.1 Å². The zero-order chi connectivity index (χ0) is 14.0. The van der Waals surface area contributed by atoms with Gasteiger partial charge in [0.15, 0.2) is 0 Å². The second-order valence-electron chi connectivity index (χ2n) is 7.16. The van der Waals surface area contributed by atoms with E-state index in [4.69, 9.17) is 4.98 Å². The van der Waals surface area contributed by atoms with Crippen molar-refractivity contribution >= 4 is 11.0 Å². The van der Waals surface area contributed by atoms with E-state index in [0.29, 0.717) is 0 Å². The van der Waals surface area contributed by atoms with Gasteiger partial charge in [-0.05, 0) is 62.0 Å². The summed E-state index contributed by atoms with van der Waals surface area (Å²) in [7, 11) is 0. The van der Waals surface area contributed by atoms with Crippen LogP contribution in [0.1, 0.15) is 32.0 Å². The predicted molar refractivity (Wildman–Crippen MR) is 83.8 cm³/mol. The van der Waals surface area contributed by atoms with Gasteiger partial charge in [0.25, 0.3) is 0 Å². The van der Waals surface area contributed by atoms with Crippen LogP contribution in [0.4, 0.5) is 0 Å². The highest BCUT2D eigenvalue weighted by Gasteiger charge is 2.64. The van der Waals surface area contributed by atoms with Gasteiger partial charge in [-0.3, -0.25) is 0 Å². The molecule has 3 saturated carbocycles. The average molecular weight is 281 g/mol. The Labute approximate surface area is 125 Å². The first-order valence-corrected chi connectivity index (χ1v) is 8.54. The van der Waals surface area contributed by atoms with Crippen LogP contribution in [0.25, 0.3) is 11.0 Å². The van der Waals surface area contributed by atoms with E-state index in [-0.39, 0.29) is 0 Å². The van der Waals surface area contributed by atoms with Crippen LogP contribution in [0.5, 0.6) is 0 Å². The quantitative estimate of drug-likeness (QED) is 0.932. The van der Waals surface area contributed by atoms with Gasteiger partial charge < -0.3 is 9.88 Å². The van der Waals surface area contributed by atoms with Crippen LogP contribution >= 0.6 is 0 Å². The lowest BCUT2D eigenvalue weighted by Crippen LogP contribution is -2.24. The lowest BCUT2D eigenvalue weighted by Gasteiger charge is -2.11. The summed E-state index contributed by atoms with van der Waals surface area (Å²) in [6.45, 7) is 4.14. The summed E-state index contributed by atoms with van der Waals surface area (Å²) in [5.41, 5.74) is 2.40. The Hall–Kier alpha value is -1.35. The summed E-state index contributed by atoms with van der Waals surface area (Å²) < 4.78 is 2.36. The predicted octanol–water partition coefficient (Wildman–Crippen LogP) is 3.19. The number of aryl methyl sites for hydroxylation is 1. The van der Waals surface area contributed by atoms with Crippen LogP contribution in [-0.2, 0) is 13.1 Å². The highest BCUT2D eigenvalue weighted by molar-refractivity contribution is 5.75. The monoisotopic (exact) mass is 281 g/mol. The molecular weight excluding hydrogens is 258 g/mol. The molecule has 4 unspecified atom stereocenters. The SMILES string of the molecule is CCn1c(CNC2C3C4CCC(C4)C23)nc2ccccc21. The van der Waals surface area contributed by atoms with E-state index < -0.39 is 0 Å². The van der Waals surface area contributed by atoms with Crippen molar-refractivity contribution in [2.75, 3.05) is 0 Å². The van der Waals surface area contributed by atoms with Gasteiger partial charge in [-0.2, -0.15) is 0 Å². The molecule has 5 rings (SSSR count). The lowest BCUT2D eigenvalue weighted by atomic mass is 10.0. The third-order valence-electron chi connectivity index (χ3n) is 6.28. The van der Waals surface area contributed by atoms with Crippen molar-refractivity contribution in [3.8, 4) is 0 Å². The molecule has 0 radical (unpaired) electrons. The van der Waals surface area contributed by atoms with E-state index in [9.17, 15) is 0 Å². The van der Waals surface area contributed by atoms with Crippen LogP contribution < -0.4 is 5.32 Å². The Morgan fingerprint density at radius 2 is 1.95 bits per heavy atom. The summed E-state index contributed by atoms with van der Waals surface area (Å²) in [5, 5.41) is 3.83. The van der Waals surface area contributed by atoms with E-state index in [2.05, 4.69) is 41.1 Å². The van der Waals surface area contributed by atoms with E-state index in [0.717, 1.165) is 48.3 Å². The van der Waals surface area contributed by atoms with Gasteiger partial charge in [0.05, 0.1) is 17.6 Å². The minimum Gasteiger partial charge on any atom is -0.327 e. The Morgan fingerprint density at radius 3 is 2.71 bits per heavy atom. The third kappa shape index (κ3) is 1.67. The molecule has 1 heterocycles. The summed E-state index contributed by atoms with van der Waals surface area (Å²) in [6.07, 6.45) is 4.52. The largest absolute Gasteiger partial charge is 0.327 e. The fraction of sp³-hybridized carbons (Fsp3) is 0.611. The molecule has 21 heavy (non-hydrogen) atoms. The molecule has 110 valence electrons. The number of aromatic nitrogens is 2. The molecule has 2 bridgehead atoms. The zero-order valence-corrected chi connectivity index (χ0v) is 12.6. The van der Waals surface area contributed by atoms with Gasteiger partial charge in [0.2, 0.25) is 0 Å². The molecule has 3 heteroatoms. The first-order chi connectivity index (χ1) is 10.4. The summed E-state index contributed by atoms with van der Waals surface area (Å²) in [6, 6.07) is 9.28. The highest BCUT2D eigenvalue weighted by atomic mass is 15.1. The van der Waals surface area contributed by atoms with Crippen molar-refractivity contribution in [2.45, 2.75) is 45.3 Å². The lowest BCUT2D eigenvalue weighted by molar-refractivity contribution is 0.455. The number of nitrogens with one attached hydrogen (secondary N) is 1. The minimum atomic E-state index is 0.793. The maximum atomic E-state index is 4.83. The molecule has 3 aliphatic rings. The number of nitrogens with zero attached hydrogens (tertiary/aromatic N) is 2. The Balaban J connectivity index is 1.35. The zero-order valence-electron chi connectivity index (χ0n) is 12.6. The van der Waals surface area contributed by atoms with E-state index >= 15 is 0 Å². The molecule has 1 N–H and O–H groups in total. The maximum Gasteiger partial charge on any atom is 0.123 e. The number of benzene rings is 1. The number of hydrogen-bond acceptors (Lipinski definition) is 2. The summed E-state index contributed by atoms with van der Waals surface area (Å²) >= 11 is 0. The van der Waals surface area contributed by atoms with Gasteiger partial charge in [-0.25, -0.2) is 4.98 Å². The highest BCUT2D eigenvalue weighted by Crippen LogP contribution is 2.65. The molecular formula is C18H23N3. The van der Waals surface area contributed by atoms with Crippen molar-refractivity contribution in [1.29, 1.82) is 0 Å². The number of fused-ring (bicyclic) bond motifs is 6. The van der Waals surface area contributed by atoms with Gasteiger partial charge in [-0.15, -0.1) is 0 Å². The van der Waals surface area contributed by atoms with Crippen molar-refractivity contribution in [3.63, 3.8) is 0 Å². The molecule has 1 aromatic heterocycles. The smallest absolute Gasteiger partial charge is 0.123 e. The Morgan fingerprint density at radius 1 is 1.19 bits per heavy atom. The standard InChI is InChI=1S/C18H23N3/c1-2-21-14-6-4-3-5-13(14)20-15(21)10-19-18-16-11-7-8-12(9-11)17(16)18/h3-6,11-12,16-19H,2,7-10H2,1H3. The first-order valence-electron chi connectivity index (χ1n) is 8.54. The van der Waals surface area contributed by atoms with Crippen molar-refractivity contribution in [2.24, 2.45) is 23.7 Å². The number of hydrogen-bond donors (Lipinski definition) is 1. The molecule has 2 aromatic rings. The van der Waals surface area contributed by atoms with E-state index in [1.165, 1.54) is 30.6 Å². The van der Waals surface area contributed by atoms with Crippen LogP contribution in [0.15, 0.2) is 24.3 Å². The second kappa shape index (κ2) is 4.33. The molecule has 3 fully saturated rings. The van der Waals surface area contributed by atoms with E-state index in [1.807, 2.05) is 0 Å². The molecule has 4 atom stereocenters. The van der Waals surface area contributed by atoms with Crippen molar-refractivity contribution in [1.82, 2.24) is 14.9 Å². The molecule has 0 saturated heterocycles.